The molecule has 0 fully saturated rings. The lowest BCUT2D eigenvalue weighted by Gasteiger charge is -1.98. The molecule has 2 aromatic carbocycles. The molecule has 4 rings (SSSR count). The average Bonchev–Trinajstić information content (AvgIpc) is 3.04. The molecule has 0 saturated heterocycles. The van der Waals surface area contributed by atoms with Crippen molar-refractivity contribution in [3.63, 3.8) is 0 Å². The molecule has 108 valence electrons. The van der Waals surface area contributed by atoms with Crippen LogP contribution in [0.3, 0.4) is 0 Å². The maximum absolute atomic E-state index is 10.8. The standard InChI is InChI=1S/C15H8ClN3O2S/c16-11-4-2-1-3-10(11)12-8-18-13-6-5-9(19(20)21)7-14(13)22-15(18)17-12/h1-8H. The van der Waals surface area contributed by atoms with Gasteiger partial charge in [0.2, 0.25) is 0 Å². The van der Waals surface area contributed by atoms with E-state index in [0.717, 1.165) is 26.4 Å². The van der Waals surface area contributed by atoms with Crippen LogP contribution >= 0.6 is 22.9 Å². The van der Waals surface area contributed by atoms with Crippen molar-refractivity contribution in [3.05, 3.63) is 63.8 Å². The molecule has 0 amide bonds. The molecule has 0 atom stereocenters. The lowest BCUT2D eigenvalue weighted by Crippen LogP contribution is -1.86. The summed E-state index contributed by atoms with van der Waals surface area (Å²) in [5.41, 5.74) is 2.65. The first-order valence-corrected chi connectivity index (χ1v) is 7.64. The monoisotopic (exact) mass is 329 g/mol. The van der Waals surface area contributed by atoms with Crippen LogP contribution in [0.5, 0.6) is 0 Å². The molecule has 0 N–H and O–H groups in total. The summed E-state index contributed by atoms with van der Waals surface area (Å²) in [6, 6.07) is 12.4. The second-order valence-electron chi connectivity index (χ2n) is 4.77. The van der Waals surface area contributed by atoms with E-state index < -0.39 is 4.92 Å². The van der Waals surface area contributed by atoms with Gasteiger partial charge in [-0.1, -0.05) is 41.1 Å². The number of non-ortho nitro benzene ring substituents is 1. The van der Waals surface area contributed by atoms with E-state index in [9.17, 15) is 10.1 Å². The zero-order chi connectivity index (χ0) is 15.3. The minimum Gasteiger partial charge on any atom is -0.290 e. The van der Waals surface area contributed by atoms with Crippen molar-refractivity contribution in [2.24, 2.45) is 0 Å². The Morgan fingerprint density at radius 1 is 1.23 bits per heavy atom. The SMILES string of the molecule is O=[N+]([O-])c1ccc2c(c1)sc1nc(-c3ccccc3Cl)cn12. The van der Waals surface area contributed by atoms with Crippen molar-refractivity contribution in [1.82, 2.24) is 9.38 Å². The highest BCUT2D eigenvalue weighted by molar-refractivity contribution is 7.23. The third-order valence-corrected chi connectivity index (χ3v) is 4.79. The van der Waals surface area contributed by atoms with Crippen LogP contribution in [0.25, 0.3) is 26.4 Å². The van der Waals surface area contributed by atoms with Gasteiger partial charge in [0.25, 0.3) is 5.69 Å². The van der Waals surface area contributed by atoms with E-state index >= 15 is 0 Å². The van der Waals surface area contributed by atoms with Gasteiger partial charge in [-0.2, -0.15) is 0 Å². The van der Waals surface area contributed by atoms with Crippen LogP contribution in [0.1, 0.15) is 0 Å². The highest BCUT2D eigenvalue weighted by Crippen LogP contribution is 2.33. The van der Waals surface area contributed by atoms with Gasteiger partial charge in [-0.3, -0.25) is 14.5 Å². The fourth-order valence-corrected chi connectivity index (χ4v) is 3.68. The lowest BCUT2D eigenvalue weighted by molar-refractivity contribution is -0.384. The van der Waals surface area contributed by atoms with E-state index in [4.69, 9.17) is 11.6 Å². The Morgan fingerprint density at radius 2 is 2.05 bits per heavy atom. The molecule has 0 radical (unpaired) electrons. The third-order valence-electron chi connectivity index (χ3n) is 3.44. The summed E-state index contributed by atoms with van der Waals surface area (Å²) >= 11 is 7.63. The van der Waals surface area contributed by atoms with Crippen molar-refractivity contribution < 1.29 is 4.92 Å². The number of imidazole rings is 1. The second-order valence-corrected chi connectivity index (χ2v) is 6.19. The number of thiazole rings is 1. The minimum absolute atomic E-state index is 0.0864. The topological polar surface area (TPSA) is 60.4 Å². The second kappa shape index (κ2) is 4.79. The van der Waals surface area contributed by atoms with Gasteiger partial charge < -0.3 is 0 Å². The van der Waals surface area contributed by atoms with Crippen LogP contribution in [-0.2, 0) is 0 Å². The first-order chi connectivity index (χ1) is 10.6. The Hall–Kier alpha value is -2.44. The molecule has 2 heterocycles. The van der Waals surface area contributed by atoms with Crippen molar-refractivity contribution in [1.29, 1.82) is 0 Å². The van der Waals surface area contributed by atoms with E-state index in [1.807, 2.05) is 34.9 Å². The zero-order valence-corrected chi connectivity index (χ0v) is 12.6. The molecule has 0 unspecified atom stereocenters. The minimum atomic E-state index is -0.392. The Labute approximate surface area is 133 Å². The Bertz CT molecular complexity index is 1040. The summed E-state index contributed by atoms with van der Waals surface area (Å²) in [7, 11) is 0. The number of benzene rings is 2. The van der Waals surface area contributed by atoms with E-state index in [2.05, 4.69) is 4.98 Å². The summed E-state index contributed by atoms with van der Waals surface area (Å²) in [6.07, 6.45) is 1.90. The van der Waals surface area contributed by atoms with Crippen LogP contribution in [0.15, 0.2) is 48.7 Å². The number of nitro groups is 1. The molecule has 0 bridgehead atoms. The highest BCUT2D eigenvalue weighted by atomic mass is 35.5. The normalized spacial score (nSPS) is 11.3. The number of nitro benzene ring substituents is 1. The quantitative estimate of drug-likeness (QED) is 0.393. The molecular formula is C15H8ClN3O2S. The first-order valence-electron chi connectivity index (χ1n) is 6.44. The molecule has 0 aliphatic rings. The smallest absolute Gasteiger partial charge is 0.270 e. The predicted octanol–water partition coefficient (Wildman–Crippen LogP) is 4.78. The number of halogens is 1. The molecule has 22 heavy (non-hydrogen) atoms. The first kappa shape index (κ1) is 13.2. The van der Waals surface area contributed by atoms with Gasteiger partial charge in [-0.05, 0) is 12.1 Å². The summed E-state index contributed by atoms with van der Waals surface area (Å²) in [5, 5.41) is 11.5. The molecule has 5 nitrogen and oxygen atoms in total. The summed E-state index contributed by atoms with van der Waals surface area (Å²) < 4.78 is 2.77. The molecule has 0 aliphatic heterocycles. The van der Waals surface area contributed by atoms with E-state index in [1.165, 1.54) is 17.4 Å². The van der Waals surface area contributed by atoms with Gasteiger partial charge in [-0.25, -0.2) is 4.98 Å². The Balaban J connectivity index is 1.92. The highest BCUT2D eigenvalue weighted by Gasteiger charge is 2.14. The van der Waals surface area contributed by atoms with E-state index in [1.54, 1.807) is 12.1 Å². The largest absolute Gasteiger partial charge is 0.290 e. The van der Waals surface area contributed by atoms with Crippen molar-refractivity contribution in [2.75, 3.05) is 0 Å². The number of fused-ring (bicyclic) bond motifs is 3. The van der Waals surface area contributed by atoms with Gasteiger partial charge in [-0.15, -0.1) is 0 Å². The molecule has 0 aliphatic carbocycles. The molecule has 7 heteroatoms. The van der Waals surface area contributed by atoms with Gasteiger partial charge in [0.05, 0.1) is 25.9 Å². The van der Waals surface area contributed by atoms with Crippen LogP contribution < -0.4 is 0 Å². The van der Waals surface area contributed by atoms with E-state index in [-0.39, 0.29) is 5.69 Å². The van der Waals surface area contributed by atoms with Gasteiger partial charge >= 0.3 is 0 Å². The number of nitrogens with zero attached hydrogens (tertiary/aromatic N) is 3. The Kier molecular flexibility index (Phi) is 2.88. The number of rotatable bonds is 2. The van der Waals surface area contributed by atoms with Crippen LogP contribution in [-0.4, -0.2) is 14.3 Å². The van der Waals surface area contributed by atoms with Crippen LogP contribution in [0.4, 0.5) is 5.69 Å². The van der Waals surface area contributed by atoms with Gasteiger partial charge in [0.1, 0.15) is 0 Å². The van der Waals surface area contributed by atoms with E-state index in [0.29, 0.717) is 5.02 Å². The zero-order valence-electron chi connectivity index (χ0n) is 11.1. The Morgan fingerprint density at radius 3 is 2.82 bits per heavy atom. The molecular weight excluding hydrogens is 322 g/mol. The molecule has 2 aromatic heterocycles. The number of hydrogen-bond acceptors (Lipinski definition) is 4. The van der Waals surface area contributed by atoms with Crippen molar-refractivity contribution >= 4 is 43.8 Å². The van der Waals surface area contributed by atoms with Gasteiger partial charge in [0.15, 0.2) is 4.96 Å². The summed E-state index contributed by atoms with van der Waals surface area (Å²) in [5.74, 6) is 0. The van der Waals surface area contributed by atoms with Crippen LogP contribution in [0, 0.1) is 10.1 Å². The fraction of sp³-hybridized carbons (Fsp3) is 0. The maximum atomic E-state index is 10.8. The average molecular weight is 330 g/mol. The number of aromatic nitrogens is 2. The fourth-order valence-electron chi connectivity index (χ4n) is 2.40. The number of hydrogen-bond donors (Lipinski definition) is 0. The van der Waals surface area contributed by atoms with Crippen molar-refractivity contribution in [2.45, 2.75) is 0 Å². The summed E-state index contributed by atoms with van der Waals surface area (Å²) in [6.45, 7) is 0. The maximum Gasteiger partial charge on any atom is 0.270 e. The predicted molar refractivity (Wildman–Crippen MR) is 87.7 cm³/mol. The molecule has 0 saturated carbocycles. The summed E-state index contributed by atoms with van der Waals surface area (Å²) in [4.78, 5) is 15.8. The molecule has 0 spiro atoms. The lowest BCUT2D eigenvalue weighted by atomic mass is 10.2. The molecule has 4 aromatic rings. The van der Waals surface area contributed by atoms with Gasteiger partial charge in [0, 0.05) is 23.9 Å². The van der Waals surface area contributed by atoms with Crippen molar-refractivity contribution in [3.8, 4) is 11.3 Å². The van der Waals surface area contributed by atoms with Crippen LogP contribution in [0.2, 0.25) is 5.02 Å². The third kappa shape index (κ3) is 1.96.